The number of benzene rings is 2. The van der Waals surface area contributed by atoms with Crippen molar-refractivity contribution in [2.75, 3.05) is 10.6 Å². The lowest BCUT2D eigenvalue weighted by molar-refractivity contribution is -0.386. The number of aromatic nitrogens is 2. The van der Waals surface area contributed by atoms with E-state index in [-0.39, 0.29) is 16.7 Å². The van der Waals surface area contributed by atoms with Gasteiger partial charge in [-0.15, -0.1) is 0 Å². The van der Waals surface area contributed by atoms with Gasteiger partial charge in [0.05, 0.1) is 21.7 Å². The number of pyridine rings is 2. The summed E-state index contributed by atoms with van der Waals surface area (Å²) in [5, 5.41) is 16.5. The highest BCUT2D eigenvalue weighted by atomic mass is 19.4. The highest BCUT2D eigenvalue weighted by Gasteiger charge is 2.36. The standard InChI is InChI=1S/C22H13F4N5O4/c23-15-3-1-2-14(22(24,25)26)18(15)21(33)29-12-6-4-11(5-7-12)28-16-8-9-27-19-13(16)10-17(31(34)35)20(32)30-19/h1-10H,(H,29,33)(H2,27,28,30,32). The number of aromatic amines is 1. The fourth-order valence-electron chi connectivity index (χ4n) is 3.31. The van der Waals surface area contributed by atoms with Gasteiger partial charge in [-0.1, -0.05) is 6.07 Å². The average molecular weight is 487 g/mol. The molecule has 3 N–H and O–H groups in total. The molecule has 0 radical (unpaired) electrons. The first-order valence-electron chi connectivity index (χ1n) is 9.75. The van der Waals surface area contributed by atoms with Crippen LogP contribution < -0.4 is 16.2 Å². The number of hydrogen-bond donors (Lipinski definition) is 3. The molecule has 0 saturated carbocycles. The molecule has 9 nitrogen and oxygen atoms in total. The van der Waals surface area contributed by atoms with Gasteiger partial charge in [-0.25, -0.2) is 9.37 Å². The molecule has 0 unspecified atom stereocenters. The van der Waals surface area contributed by atoms with Crippen molar-refractivity contribution in [3.63, 3.8) is 0 Å². The number of anilines is 3. The summed E-state index contributed by atoms with van der Waals surface area (Å²) in [4.78, 5) is 40.7. The largest absolute Gasteiger partial charge is 0.417 e. The van der Waals surface area contributed by atoms with Gasteiger partial charge < -0.3 is 15.6 Å². The minimum absolute atomic E-state index is 0.0940. The summed E-state index contributed by atoms with van der Waals surface area (Å²) in [5.41, 5.74) is -3.09. The minimum Gasteiger partial charge on any atom is -0.355 e. The van der Waals surface area contributed by atoms with E-state index in [0.717, 1.165) is 18.2 Å². The third-order valence-corrected chi connectivity index (χ3v) is 4.90. The number of halogens is 4. The monoisotopic (exact) mass is 487 g/mol. The van der Waals surface area contributed by atoms with Gasteiger partial charge in [-0.05, 0) is 42.5 Å². The second kappa shape index (κ2) is 8.85. The molecule has 4 rings (SSSR count). The summed E-state index contributed by atoms with van der Waals surface area (Å²) in [7, 11) is 0. The number of alkyl halides is 3. The van der Waals surface area contributed by atoms with E-state index in [1.54, 1.807) is 0 Å². The van der Waals surface area contributed by atoms with Gasteiger partial charge in [-0.3, -0.25) is 19.7 Å². The van der Waals surface area contributed by atoms with Crippen LogP contribution in [0.5, 0.6) is 0 Å². The summed E-state index contributed by atoms with van der Waals surface area (Å²) in [6.07, 6.45) is -3.55. The normalized spacial score (nSPS) is 11.3. The Kier molecular flexibility index (Phi) is 5.91. The van der Waals surface area contributed by atoms with Gasteiger partial charge >= 0.3 is 17.4 Å². The zero-order chi connectivity index (χ0) is 25.3. The molecule has 0 bridgehead atoms. The number of nitrogens with zero attached hydrogens (tertiary/aromatic N) is 2. The maximum Gasteiger partial charge on any atom is 0.417 e. The Bertz CT molecular complexity index is 1520. The zero-order valence-corrected chi connectivity index (χ0v) is 17.3. The summed E-state index contributed by atoms with van der Waals surface area (Å²) in [6.45, 7) is 0. The average Bonchev–Trinajstić information content (AvgIpc) is 2.79. The summed E-state index contributed by atoms with van der Waals surface area (Å²) in [6, 6.07) is 10.5. The van der Waals surface area contributed by atoms with Crippen LogP contribution in [0.25, 0.3) is 11.0 Å². The minimum atomic E-state index is -4.92. The van der Waals surface area contributed by atoms with Crippen LogP contribution in [0.3, 0.4) is 0 Å². The van der Waals surface area contributed by atoms with E-state index in [4.69, 9.17) is 0 Å². The van der Waals surface area contributed by atoms with Gasteiger partial charge in [0.2, 0.25) is 0 Å². The molecule has 2 heterocycles. The molecule has 4 aromatic rings. The van der Waals surface area contributed by atoms with Crippen molar-refractivity contribution >= 4 is 39.7 Å². The fraction of sp³-hybridized carbons (Fsp3) is 0.0455. The number of fused-ring (bicyclic) bond motifs is 1. The van der Waals surface area contributed by atoms with Crippen molar-refractivity contribution in [2.45, 2.75) is 6.18 Å². The van der Waals surface area contributed by atoms with E-state index in [1.807, 2.05) is 0 Å². The molecule has 2 aromatic carbocycles. The van der Waals surface area contributed by atoms with Crippen LogP contribution >= 0.6 is 0 Å². The number of rotatable bonds is 5. The molecule has 13 heteroatoms. The third kappa shape index (κ3) is 4.78. The third-order valence-electron chi connectivity index (χ3n) is 4.90. The summed E-state index contributed by atoms with van der Waals surface area (Å²) >= 11 is 0. The van der Waals surface area contributed by atoms with Crippen LogP contribution in [0.2, 0.25) is 0 Å². The maximum atomic E-state index is 14.0. The lowest BCUT2D eigenvalue weighted by atomic mass is 10.1. The second-order valence-electron chi connectivity index (χ2n) is 7.18. The SMILES string of the molecule is O=C(Nc1ccc(Nc2ccnc3[nH]c(=O)c([N+](=O)[O-])cc23)cc1)c1c(F)cccc1C(F)(F)F. The number of nitrogens with one attached hydrogen (secondary N) is 3. The van der Waals surface area contributed by atoms with Crippen LogP contribution in [0.4, 0.5) is 40.3 Å². The molecular formula is C22H13F4N5O4. The van der Waals surface area contributed by atoms with Crippen molar-refractivity contribution in [3.8, 4) is 0 Å². The molecule has 35 heavy (non-hydrogen) atoms. The number of carbonyl (C=O) groups is 1. The number of H-pyrrole nitrogens is 1. The van der Waals surface area contributed by atoms with Crippen molar-refractivity contribution in [2.24, 2.45) is 0 Å². The van der Waals surface area contributed by atoms with Crippen molar-refractivity contribution < 1.29 is 27.3 Å². The Hall–Kier alpha value is -4.81. The smallest absolute Gasteiger partial charge is 0.355 e. The Balaban J connectivity index is 1.58. The molecule has 0 fully saturated rings. The first-order chi connectivity index (χ1) is 16.5. The van der Waals surface area contributed by atoms with E-state index < -0.39 is 45.2 Å². The van der Waals surface area contributed by atoms with E-state index in [9.17, 15) is 37.3 Å². The lowest BCUT2D eigenvalue weighted by Crippen LogP contribution is -2.20. The van der Waals surface area contributed by atoms with Gasteiger partial charge in [0.15, 0.2) is 0 Å². The quantitative estimate of drug-likeness (QED) is 0.207. The topological polar surface area (TPSA) is 130 Å². The lowest BCUT2D eigenvalue weighted by Gasteiger charge is -2.14. The Morgan fingerprint density at radius 2 is 1.74 bits per heavy atom. The summed E-state index contributed by atoms with van der Waals surface area (Å²) < 4.78 is 53.6. The molecule has 0 aliphatic heterocycles. The molecule has 0 aliphatic rings. The van der Waals surface area contributed by atoms with Gasteiger partial charge in [0, 0.05) is 29.0 Å². The number of nitro groups is 1. The Labute approximate surface area is 192 Å². The number of carbonyl (C=O) groups excluding carboxylic acids is 1. The van der Waals surface area contributed by atoms with Crippen molar-refractivity contribution in [1.29, 1.82) is 0 Å². The molecule has 0 spiro atoms. The first-order valence-corrected chi connectivity index (χ1v) is 9.75. The number of amides is 1. The molecule has 0 atom stereocenters. The van der Waals surface area contributed by atoms with E-state index in [0.29, 0.717) is 17.4 Å². The number of hydrogen-bond acceptors (Lipinski definition) is 6. The van der Waals surface area contributed by atoms with Crippen LogP contribution in [0.1, 0.15) is 15.9 Å². The first kappa shape index (κ1) is 23.4. The van der Waals surface area contributed by atoms with Crippen LogP contribution in [-0.2, 0) is 6.18 Å². The molecular weight excluding hydrogens is 474 g/mol. The fourth-order valence-corrected chi connectivity index (χ4v) is 3.31. The van der Waals surface area contributed by atoms with E-state index in [2.05, 4.69) is 20.6 Å². The van der Waals surface area contributed by atoms with Crippen molar-refractivity contribution in [3.05, 3.63) is 98.2 Å². The van der Waals surface area contributed by atoms with Gasteiger partial charge in [-0.2, -0.15) is 13.2 Å². The highest BCUT2D eigenvalue weighted by Crippen LogP contribution is 2.33. The van der Waals surface area contributed by atoms with Gasteiger partial charge in [0.25, 0.3) is 5.91 Å². The molecule has 178 valence electrons. The molecule has 2 aromatic heterocycles. The van der Waals surface area contributed by atoms with Crippen LogP contribution in [0.15, 0.2) is 65.6 Å². The Morgan fingerprint density at radius 3 is 2.40 bits per heavy atom. The maximum absolute atomic E-state index is 14.0. The summed E-state index contributed by atoms with van der Waals surface area (Å²) in [5.74, 6) is -2.58. The van der Waals surface area contributed by atoms with Crippen LogP contribution in [0, 0.1) is 15.9 Å². The predicted molar refractivity (Wildman–Crippen MR) is 118 cm³/mol. The van der Waals surface area contributed by atoms with E-state index in [1.165, 1.54) is 36.5 Å². The molecule has 1 amide bonds. The Morgan fingerprint density at radius 1 is 1.06 bits per heavy atom. The van der Waals surface area contributed by atoms with E-state index >= 15 is 0 Å². The van der Waals surface area contributed by atoms with Gasteiger partial charge in [0.1, 0.15) is 11.5 Å². The predicted octanol–water partition coefficient (Wildman–Crippen LogP) is 4.99. The molecule has 0 saturated heterocycles. The second-order valence-corrected chi connectivity index (χ2v) is 7.18. The molecule has 0 aliphatic carbocycles. The highest BCUT2D eigenvalue weighted by molar-refractivity contribution is 6.05. The van der Waals surface area contributed by atoms with Crippen LogP contribution in [-0.4, -0.2) is 20.8 Å². The van der Waals surface area contributed by atoms with Crippen molar-refractivity contribution in [1.82, 2.24) is 9.97 Å². The zero-order valence-electron chi connectivity index (χ0n) is 17.3.